The first kappa shape index (κ1) is 77.8. The summed E-state index contributed by atoms with van der Waals surface area (Å²) in [4.78, 5) is 38.4. The molecule has 0 radical (unpaired) electrons. The fraction of sp³-hybridized carbons (Fsp3) is 0.697. The summed E-state index contributed by atoms with van der Waals surface area (Å²) in [5.74, 6) is -0.906. The second-order valence-corrected chi connectivity index (χ2v) is 22.7. The second-order valence-electron chi connectivity index (χ2n) is 22.7. The third-order valence-electron chi connectivity index (χ3n) is 14.7. The molecule has 0 spiro atoms. The Kier molecular flexibility index (Phi) is 65.8. The number of ether oxygens (including phenoxy) is 3. The van der Waals surface area contributed by atoms with E-state index in [0.29, 0.717) is 19.3 Å². The summed E-state index contributed by atoms with van der Waals surface area (Å²) in [5.41, 5.74) is 0. The Morgan fingerprint density at radius 2 is 0.500 bits per heavy atom. The normalized spacial score (nSPS) is 12.9. The van der Waals surface area contributed by atoms with E-state index in [2.05, 4.69) is 142 Å². The number of hydrogen-bond acceptors (Lipinski definition) is 6. The lowest BCUT2D eigenvalue weighted by molar-refractivity contribution is -0.167. The van der Waals surface area contributed by atoms with Crippen LogP contribution in [0.15, 0.2) is 122 Å². The molecular formula is C76H128O6. The number of hydrogen-bond donors (Lipinski definition) is 0. The van der Waals surface area contributed by atoms with Crippen molar-refractivity contribution in [1.82, 2.24) is 0 Å². The van der Waals surface area contributed by atoms with Gasteiger partial charge in [-0.15, -0.1) is 0 Å². The van der Waals surface area contributed by atoms with Crippen molar-refractivity contribution in [1.29, 1.82) is 0 Å². The van der Waals surface area contributed by atoms with Gasteiger partial charge in [0, 0.05) is 19.3 Å². The van der Waals surface area contributed by atoms with Crippen LogP contribution < -0.4 is 0 Å². The minimum absolute atomic E-state index is 0.0893. The molecule has 0 aromatic carbocycles. The molecule has 0 fully saturated rings. The van der Waals surface area contributed by atoms with Crippen LogP contribution in [0.5, 0.6) is 0 Å². The fourth-order valence-electron chi connectivity index (χ4n) is 9.56. The first-order chi connectivity index (χ1) is 40.5. The molecule has 468 valence electrons. The highest BCUT2D eigenvalue weighted by molar-refractivity contribution is 5.71. The van der Waals surface area contributed by atoms with Crippen LogP contribution in [0.4, 0.5) is 0 Å². The molecule has 82 heavy (non-hydrogen) atoms. The van der Waals surface area contributed by atoms with Gasteiger partial charge in [0.1, 0.15) is 13.2 Å². The molecule has 6 nitrogen and oxygen atoms in total. The Balaban J connectivity index is 4.33. The van der Waals surface area contributed by atoms with Crippen molar-refractivity contribution in [2.45, 2.75) is 329 Å². The zero-order valence-corrected chi connectivity index (χ0v) is 53.7. The van der Waals surface area contributed by atoms with E-state index in [9.17, 15) is 14.4 Å². The van der Waals surface area contributed by atoms with Crippen molar-refractivity contribution in [3.05, 3.63) is 122 Å². The smallest absolute Gasteiger partial charge is 0.306 e. The van der Waals surface area contributed by atoms with Crippen LogP contribution in [-0.2, 0) is 28.6 Å². The molecule has 0 aromatic rings. The summed E-state index contributed by atoms with van der Waals surface area (Å²) in [5, 5.41) is 0. The highest BCUT2D eigenvalue weighted by Gasteiger charge is 2.19. The molecule has 0 rings (SSSR count). The van der Waals surface area contributed by atoms with Gasteiger partial charge in [-0.1, -0.05) is 316 Å². The molecule has 0 aromatic heterocycles. The zero-order valence-electron chi connectivity index (χ0n) is 53.7. The molecule has 0 aliphatic carbocycles. The first-order valence-corrected chi connectivity index (χ1v) is 34.5. The van der Waals surface area contributed by atoms with Gasteiger partial charge >= 0.3 is 17.9 Å². The van der Waals surface area contributed by atoms with Crippen LogP contribution in [0.2, 0.25) is 0 Å². The van der Waals surface area contributed by atoms with Crippen molar-refractivity contribution in [2.75, 3.05) is 13.2 Å². The summed E-state index contributed by atoms with van der Waals surface area (Å²) in [7, 11) is 0. The predicted octanol–water partition coefficient (Wildman–Crippen LogP) is 23.9. The van der Waals surface area contributed by atoms with Gasteiger partial charge in [-0.3, -0.25) is 14.4 Å². The molecule has 1 atom stereocenters. The van der Waals surface area contributed by atoms with Crippen LogP contribution in [-0.4, -0.2) is 37.2 Å². The fourth-order valence-corrected chi connectivity index (χ4v) is 9.56. The Bertz CT molecular complexity index is 1690. The van der Waals surface area contributed by atoms with Gasteiger partial charge in [-0.05, 0) is 109 Å². The monoisotopic (exact) mass is 1140 g/mol. The molecule has 1 unspecified atom stereocenters. The Labute approximate surface area is 507 Å². The lowest BCUT2D eigenvalue weighted by atomic mass is 10.0. The lowest BCUT2D eigenvalue weighted by Gasteiger charge is -2.18. The van der Waals surface area contributed by atoms with Crippen LogP contribution >= 0.6 is 0 Å². The minimum Gasteiger partial charge on any atom is -0.462 e. The molecule has 0 aliphatic heterocycles. The van der Waals surface area contributed by atoms with Gasteiger partial charge in [-0.25, -0.2) is 0 Å². The molecule has 0 amide bonds. The van der Waals surface area contributed by atoms with Crippen molar-refractivity contribution < 1.29 is 28.6 Å². The molecule has 0 bridgehead atoms. The SMILES string of the molecule is CC/C=C\C/C=C\C/C=C\C/C=C\C/C=C\C/C=C\C/C=C\C/C=C\CCCCCCCCC(=O)OCC(COC(=O)CCCCCCC/C=C\C/C=C\CCC)OC(=O)CCCCCCCCCCCCCCCCCCCCCC. The summed E-state index contributed by atoms with van der Waals surface area (Å²) in [6.45, 7) is 6.47. The maximum atomic E-state index is 12.9. The topological polar surface area (TPSA) is 78.9 Å². The summed E-state index contributed by atoms with van der Waals surface area (Å²) < 4.78 is 16.9. The number of allylic oxidation sites excluding steroid dienone is 20. The van der Waals surface area contributed by atoms with E-state index < -0.39 is 6.10 Å². The average Bonchev–Trinajstić information content (AvgIpc) is 3.47. The number of carbonyl (C=O) groups excluding carboxylic acids is 3. The predicted molar refractivity (Wildman–Crippen MR) is 357 cm³/mol. The zero-order chi connectivity index (χ0) is 59.2. The molecule has 0 saturated carbocycles. The molecule has 6 heteroatoms. The number of rotatable bonds is 62. The largest absolute Gasteiger partial charge is 0.462 e. The minimum atomic E-state index is -0.792. The Morgan fingerprint density at radius 1 is 0.256 bits per heavy atom. The third kappa shape index (κ3) is 66.6. The van der Waals surface area contributed by atoms with E-state index in [1.807, 2.05) is 0 Å². The maximum Gasteiger partial charge on any atom is 0.306 e. The molecule has 0 saturated heterocycles. The lowest BCUT2D eigenvalue weighted by Crippen LogP contribution is -2.30. The number of esters is 3. The number of carbonyl (C=O) groups is 3. The van der Waals surface area contributed by atoms with Gasteiger partial charge in [-0.2, -0.15) is 0 Å². The van der Waals surface area contributed by atoms with E-state index in [1.165, 1.54) is 128 Å². The van der Waals surface area contributed by atoms with Gasteiger partial charge < -0.3 is 14.2 Å². The quantitative estimate of drug-likeness (QED) is 0.0261. The Morgan fingerprint density at radius 3 is 0.793 bits per heavy atom. The molecule has 0 aliphatic rings. The van der Waals surface area contributed by atoms with Crippen molar-refractivity contribution in [3.63, 3.8) is 0 Å². The van der Waals surface area contributed by atoms with Gasteiger partial charge in [0.2, 0.25) is 0 Å². The van der Waals surface area contributed by atoms with Gasteiger partial charge in [0.15, 0.2) is 6.10 Å². The van der Waals surface area contributed by atoms with Crippen molar-refractivity contribution in [3.8, 4) is 0 Å². The summed E-state index contributed by atoms with van der Waals surface area (Å²) >= 11 is 0. The molecular weight excluding hydrogens is 1010 g/mol. The van der Waals surface area contributed by atoms with E-state index in [-0.39, 0.29) is 31.1 Å². The second kappa shape index (κ2) is 69.3. The van der Waals surface area contributed by atoms with Crippen LogP contribution in [0, 0.1) is 0 Å². The van der Waals surface area contributed by atoms with Gasteiger partial charge in [0.25, 0.3) is 0 Å². The van der Waals surface area contributed by atoms with E-state index in [4.69, 9.17) is 14.2 Å². The first-order valence-electron chi connectivity index (χ1n) is 34.5. The standard InChI is InChI=1S/C76H128O6/c1-4-7-10-13-16-19-22-25-27-29-31-33-34-35-36-37-38-39-40-41-42-43-45-46-48-51-54-57-60-63-66-69-75(78)81-72-73(71-80-74(77)68-65-62-59-56-53-50-24-21-18-15-12-9-6-3)82-76(79)70-67-64-61-58-55-52-49-47-44-32-30-28-26-23-20-17-14-11-8-5-2/h7,10,12,15-16,19,21,24-25,27,31,33,35-36,38-39,41-42,45-46,73H,4-6,8-9,11,13-14,17-18,20,22-23,26,28-30,32,34,37,40,43-44,47-72H2,1-3H3/b10-7-,15-12-,19-16-,24-21-,27-25-,33-31-,36-35-,39-38-,42-41-,46-45-. The van der Waals surface area contributed by atoms with Crippen molar-refractivity contribution in [2.24, 2.45) is 0 Å². The van der Waals surface area contributed by atoms with E-state index in [0.717, 1.165) is 154 Å². The summed E-state index contributed by atoms with van der Waals surface area (Å²) in [6, 6.07) is 0. The number of unbranched alkanes of at least 4 members (excludes halogenated alkanes) is 31. The van der Waals surface area contributed by atoms with E-state index in [1.54, 1.807) is 0 Å². The van der Waals surface area contributed by atoms with Crippen molar-refractivity contribution >= 4 is 17.9 Å². The highest BCUT2D eigenvalue weighted by Crippen LogP contribution is 2.17. The van der Waals surface area contributed by atoms with E-state index >= 15 is 0 Å². The summed E-state index contributed by atoms with van der Waals surface area (Å²) in [6.07, 6.45) is 96.4. The van der Waals surface area contributed by atoms with Crippen LogP contribution in [0.25, 0.3) is 0 Å². The molecule has 0 N–H and O–H groups in total. The van der Waals surface area contributed by atoms with Crippen LogP contribution in [0.1, 0.15) is 323 Å². The maximum absolute atomic E-state index is 12.9. The van der Waals surface area contributed by atoms with Gasteiger partial charge in [0.05, 0.1) is 0 Å². The highest BCUT2D eigenvalue weighted by atomic mass is 16.6. The third-order valence-corrected chi connectivity index (χ3v) is 14.7. The Hall–Kier alpha value is -4.19. The molecule has 0 heterocycles. The van der Waals surface area contributed by atoms with Crippen LogP contribution in [0.3, 0.4) is 0 Å². The average molecular weight is 1140 g/mol.